The average molecular weight is 272 g/mol. The van der Waals surface area contributed by atoms with Crippen LogP contribution in [0.1, 0.15) is 31.2 Å². The van der Waals surface area contributed by atoms with E-state index in [2.05, 4.69) is 10.6 Å². The fraction of sp³-hybridized carbons (Fsp3) is 0.143. The molecule has 4 nitrogen and oxygen atoms in total. The van der Waals surface area contributed by atoms with Gasteiger partial charge >= 0.3 is 0 Å². The number of hydrogen-bond acceptors (Lipinski definition) is 3. The van der Waals surface area contributed by atoms with Gasteiger partial charge < -0.3 is 10.6 Å². The van der Waals surface area contributed by atoms with E-state index in [-0.39, 0.29) is 11.8 Å². The van der Waals surface area contributed by atoms with Crippen molar-refractivity contribution < 1.29 is 9.59 Å². The zero-order valence-corrected chi connectivity index (χ0v) is 11.1. The number of fused-ring (bicyclic) bond motifs is 1. The van der Waals surface area contributed by atoms with Gasteiger partial charge in [-0.2, -0.15) is 0 Å². The Morgan fingerprint density at radius 3 is 2.95 bits per heavy atom. The molecule has 0 fully saturated rings. The molecule has 5 heteroatoms. The third-order valence-corrected chi connectivity index (χ3v) is 4.14. The van der Waals surface area contributed by atoms with Gasteiger partial charge in [-0.05, 0) is 41.6 Å². The molecular formula is C14H12N2O2S. The first kappa shape index (κ1) is 11.9. The minimum atomic E-state index is -0.133. The number of hydrogen-bond donors (Lipinski definition) is 2. The monoisotopic (exact) mass is 272 g/mol. The third-order valence-electron chi connectivity index (χ3n) is 3.12. The molecule has 1 aliphatic rings. The van der Waals surface area contributed by atoms with Crippen LogP contribution in [0.3, 0.4) is 0 Å². The van der Waals surface area contributed by atoms with E-state index in [1.807, 2.05) is 30.5 Å². The third kappa shape index (κ3) is 2.13. The number of benzene rings is 1. The summed E-state index contributed by atoms with van der Waals surface area (Å²) in [6.07, 6.45) is 0. The predicted molar refractivity (Wildman–Crippen MR) is 74.6 cm³/mol. The molecule has 2 amide bonds. The number of thiophene rings is 1. The summed E-state index contributed by atoms with van der Waals surface area (Å²) in [5.74, 6) is -0.218. The summed E-state index contributed by atoms with van der Waals surface area (Å²) in [7, 11) is 0. The highest BCUT2D eigenvalue weighted by Gasteiger charge is 2.19. The second-order valence-corrected chi connectivity index (χ2v) is 5.36. The van der Waals surface area contributed by atoms with Crippen LogP contribution in [-0.2, 0) is 6.54 Å². The van der Waals surface area contributed by atoms with Gasteiger partial charge in [-0.3, -0.25) is 9.59 Å². The van der Waals surface area contributed by atoms with Crippen molar-refractivity contribution in [2.45, 2.75) is 13.5 Å². The molecule has 1 aliphatic heterocycles. The van der Waals surface area contributed by atoms with Crippen molar-refractivity contribution in [1.82, 2.24) is 5.32 Å². The normalized spacial score (nSPS) is 13.0. The van der Waals surface area contributed by atoms with E-state index in [1.54, 1.807) is 6.07 Å². The van der Waals surface area contributed by atoms with Crippen LogP contribution in [0.15, 0.2) is 29.6 Å². The summed E-state index contributed by atoms with van der Waals surface area (Å²) in [6, 6.07) is 7.32. The zero-order chi connectivity index (χ0) is 13.4. The molecule has 0 atom stereocenters. The van der Waals surface area contributed by atoms with Gasteiger partial charge in [0.15, 0.2) is 0 Å². The smallest absolute Gasteiger partial charge is 0.265 e. The lowest BCUT2D eigenvalue weighted by Gasteiger charge is -2.06. The maximum Gasteiger partial charge on any atom is 0.265 e. The molecule has 0 spiro atoms. The van der Waals surface area contributed by atoms with Crippen molar-refractivity contribution >= 4 is 28.8 Å². The molecule has 1 aromatic heterocycles. The first-order chi connectivity index (χ1) is 9.15. The van der Waals surface area contributed by atoms with E-state index in [1.165, 1.54) is 11.3 Å². The van der Waals surface area contributed by atoms with Crippen LogP contribution in [0.2, 0.25) is 0 Å². The first-order valence-electron chi connectivity index (χ1n) is 5.92. The van der Waals surface area contributed by atoms with E-state index in [0.29, 0.717) is 22.7 Å². The Bertz CT molecular complexity index is 676. The molecule has 0 unspecified atom stereocenters. The van der Waals surface area contributed by atoms with Crippen molar-refractivity contribution in [2.75, 3.05) is 5.32 Å². The van der Waals surface area contributed by atoms with Gasteiger partial charge in [0, 0.05) is 17.8 Å². The summed E-state index contributed by atoms with van der Waals surface area (Å²) in [5, 5.41) is 7.47. The van der Waals surface area contributed by atoms with Crippen LogP contribution in [0, 0.1) is 6.92 Å². The summed E-state index contributed by atoms with van der Waals surface area (Å²) in [4.78, 5) is 24.3. The lowest BCUT2D eigenvalue weighted by Crippen LogP contribution is -2.13. The van der Waals surface area contributed by atoms with Crippen molar-refractivity contribution in [1.29, 1.82) is 0 Å². The Kier molecular flexibility index (Phi) is 2.83. The largest absolute Gasteiger partial charge is 0.348 e. The highest BCUT2D eigenvalue weighted by atomic mass is 32.1. The SMILES string of the molecule is Cc1ccsc1C(=O)Nc1ccc2c(c1)C(=O)NC2. The fourth-order valence-electron chi connectivity index (χ4n) is 2.08. The molecule has 19 heavy (non-hydrogen) atoms. The summed E-state index contributed by atoms with van der Waals surface area (Å²) in [5.41, 5.74) is 3.21. The van der Waals surface area contributed by atoms with E-state index < -0.39 is 0 Å². The highest BCUT2D eigenvalue weighted by Crippen LogP contribution is 2.22. The number of carbonyl (C=O) groups excluding carboxylic acids is 2. The summed E-state index contributed by atoms with van der Waals surface area (Å²) in [6.45, 7) is 2.47. The molecule has 0 saturated heterocycles. The Balaban J connectivity index is 1.85. The average Bonchev–Trinajstić information content (AvgIpc) is 2.97. The lowest BCUT2D eigenvalue weighted by molar-refractivity contribution is 0.0964. The molecule has 2 N–H and O–H groups in total. The molecule has 0 radical (unpaired) electrons. The van der Waals surface area contributed by atoms with Crippen molar-refractivity contribution in [3.05, 3.63) is 51.2 Å². The predicted octanol–water partition coefficient (Wildman–Crippen LogP) is 2.55. The van der Waals surface area contributed by atoms with Crippen molar-refractivity contribution in [3.8, 4) is 0 Å². The van der Waals surface area contributed by atoms with Crippen LogP contribution in [0.4, 0.5) is 5.69 Å². The Hall–Kier alpha value is -2.14. The van der Waals surface area contributed by atoms with Crippen LogP contribution in [0.25, 0.3) is 0 Å². The number of nitrogens with one attached hydrogen (secondary N) is 2. The minimum absolute atomic E-state index is 0.0848. The van der Waals surface area contributed by atoms with Gasteiger partial charge in [0.25, 0.3) is 11.8 Å². The van der Waals surface area contributed by atoms with Crippen LogP contribution in [-0.4, -0.2) is 11.8 Å². The molecule has 2 aromatic rings. The fourth-order valence-corrected chi connectivity index (χ4v) is 2.90. The van der Waals surface area contributed by atoms with Crippen LogP contribution in [0.5, 0.6) is 0 Å². The molecular weight excluding hydrogens is 260 g/mol. The second-order valence-electron chi connectivity index (χ2n) is 4.44. The Morgan fingerprint density at radius 2 is 2.21 bits per heavy atom. The number of anilines is 1. The quantitative estimate of drug-likeness (QED) is 0.882. The highest BCUT2D eigenvalue weighted by molar-refractivity contribution is 7.12. The van der Waals surface area contributed by atoms with Crippen molar-refractivity contribution in [3.63, 3.8) is 0 Å². The zero-order valence-electron chi connectivity index (χ0n) is 10.3. The van der Waals surface area contributed by atoms with Gasteiger partial charge in [-0.25, -0.2) is 0 Å². The van der Waals surface area contributed by atoms with E-state index in [4.69, 9.17) is 0 Å². The number of aryl methyl sites for hydroxylation is 1. The standard InChI is InChI=1S/C14H12N2O2S/c1-8-4-5-19-12(8)14(18)16-10-3-2-9-7-15-13(17)11(9)6-10/h2-6H,7H2,1H3,(H,15,17)(H,16,18). The van der Waals surface area contributed by atoms with Crippen molar-refractivity contribution in [2.24, 2.45) is 0 Å². The van der Waals surface area contributed by atoms with Gasteiger partial charge in [-0.1, -0.05) is 6.07 Å². The van der Waals surface area contributed by atoms with E-state index in [0.717, 1.165) is 11.1 Å². The first-order valence-corrected chi connectivity index (χ1v) is 6.79. The van der Waals surface area contributed by atoms with Gasteiger partial charge in [0.05, 0.1) is 4.88 Å². The van der Waals surface area contributed by atoms with Crippen LogP contribution >= 0.6 is 11.3 Å². The van der Waals surface area contributed by atoms with E-state index >= 15 is 0 Å². The Labute approximate surface area is 114 Å². The number of amides is 2. The van der Waals surface area contributed by atoms with Crippen LogP contribution < -0.4 is 10.6 Å². The molecule has 0 aliphatic carbocycles. The second kappa shape index (κ2) is 4.51. The molecule has 1 aromatic carbocycles. The van der Waals surface area contributed by atoms with Gasteiger partial charge in [-0.15, -0.1) is 11.3 Å². The lowest BCUT2D eigenvalue weighted by atomic mass is 10.1. The number of carbonyl (C=O) groups is 2. The molecule has 0 bridgehead atoms. The van der Waals surface area contributed by atoms with E-state index in [9.17, 15) is 9.59 Å². The topological polar surface area (TPSA) is 58.2 Å². The number of rotatable bonds is 2. The van der Waals surface area contributed by atoms with Gasteiger partial charge in [0.1, 0.15) is 0 Å². The molecule has 96 valence electrons. The maximum absolute atomic E-state index is 12.1. The Morgan fingerprint density at radius 1 is 1.37 bits per heavy atom. The minimum Gasteiger partial charge on any atom is -0.348 e. The summed E-state index contributed by atoms with van der Waals surface area (Å²) >= 11 is 1.41. The van der Waals surface area contributed by atoms with Gasteiger partial charge in [0.2, 0.25) is 0 Å². The summed E-state index contributed by atoms with van der Waals surface area (Å²) < 4.78 is 0. The molecule has 2 heterocycles. The maximum atomic E-state index is 12.1. The molecule has 3 rings (SSSR count). The molecule has 0 saturated carbocycles.